The Morgan fingerprint density at radius 3 is 2.43 bits per heavy atom. The molecule has 2 nitrogen and oxygen atoms in total. The molecule has 0 aliphatic carbocycles. The maximum absolute atomic E-state index is 5.96. The molecule has 2 rings (SSSR count). The molecule has 0 saturated carbocycles. The van der Waals surface area contributed by atoms with Gasteiger partial charge in [0, 0.05) is 17.1 Å². The second-order valence-corrected chi connectivity index (χ2v) is 5.61. The average molecular weight is 304 g/mol. The third-order valence-corrected chi connectivity index (χ3v) is 3.98. The first-order valence-electron chi connectivity index (χ1n) is 7.29. The third-order valence-electron chi connectivity index (χ3n) is 3.73. The van der Waals surface area contributed by atoms with Crippen LogP contribution in [0.5, 0.6) is 5.75 Å². The number of hydrogen-bond donors (Lipinski definition) is 1. The SMILES string of the molecule is CCC(N[C@@H](C)c1cccc(OC)c1)c1ccc(Cl)cc1. The number of benzene rings is 2. The number of halogens is 1. The minimum atomic E-state index is 0.251. The summed E-state index contributed by atoms with van der Waals surface area (Å²) in [7, 11) is 1.69. The lowest BCUT2D eigenvalue weighted by atomic mass is 10.0. The maximum Gasteiger partial charge on any atom is 0.119 e. The Kier molecular flexibility index (Phi) is 5.66. The quantitative estimate of drug-likeness (QED) is 0.796. The molecule has 0 heterocycles. The van der Waals surface area contributed by atoms with Crippen molar-refractivity contribution in [3.63, 3.8) is 0 Å². The van der Waals surface area contributed by atoms with E-state index in [1.54, 1.807) is 7.11 Å². The molecular formula is C18H22ClNO. The molecule has 3 heteroatoms. The zero-order valence-corrected chi connectivity index (χ0v) is 13.5. The van der Waals surface area contributed by atoms with E-state index in [9.17, 15) is 0 Å². The Bertz CT molecular complexity index is 568. The summed E-state index contributed by atoms with van der Waals surface area (Å²) in [5, 5.41) is 4.44. The topological polar surface area (TPSA) is 21.3 Å². The van der Waals surface area contributed by atoms with E-state index < -0.39 is 0 Å². The van der Waals surface area contributed by atoms with Gasteiger partial charge in [-0.25, -0.2) is 0 Å². The van der Waals surface area contributed by atoms with Crippen LogP contribution in [0.2, 0.25) is 5.02 Å². The zero-order chi connectivity index (χ0) is 15.2. The molecule has 0 aliphatic rings. The highest BCUT2D eigenvalue weighted by molar-refractivity contribution is 6.30. The van der Waals surface area contributed by atoms with Gasteiger partial charge in [-0.2, -0.15) is 0 Å². The van der Waals surface area contributed by atoms with Crippen LogP contribution < -0.4 is 10.1 Å². The van der Waals surface area contributed by atoms with E-state index in [4.69, 9.17) is 16.3 Å². The molecule has 112 valence electrons. The van der Waals surface area contributed by atoms with Crippen molar-refractivity contribution >= 4 is 11.6 Å². The number of nitrogens with one attached hydrogen (secondary N) is 1. The molecule has 21 heavy (non-hydrogen) atoms. The van der Waals surface area contributed by atoms with Crippen LogP contribution in [0.1, 0.15) is 43.5 Å². The number of methoxy groups -OCH3 is 1. The van der Waals surface area contributed by atoms with Crippen LogP contribution in [0, 0.1) is 0 Å². The lowest BCUT2D eigenvalue weighted by Crippen LogP contribution is -2.24. The summed E-state index contributed by atoms with van der Waals surface area (Å²) in [5.41, 5.74) is 2.48. The first-order chi connectivity index (χ1) is 10.1. The largest absolute Gasteiger partial charge is 0.497 e. The second-order valence-electron chi connectivity index (χ2n) is 5.18. The fourth-order valence-corrected chi connectivity index (χ4v) is 2.58. The van der Waals surface area contributed by atoms with Crippen molar-refractivity contribution in [2.45, 2.75) is 32.4 Å². The van der Waals surface area contributed by atoms with Crippen molar-refractivity contribution in [1.82, 2.24) is 5.32 Å². The molecule has 1 N–H and O–H groups in total. The first-order valence-corrected chi connectivity index (χ1v) is 7.67. The van der Waals surface area contributed by atoms with Crippen LogP contribution in [0.3, 0.4) is 0 Å². The average Bonchev–Trinajstić information content (AvgIpc) is 2.53. The smallest absolute Gasteiger partial charge is 0.119 e. The van der Waals surface area contributed by atoms with Gasteiger partial charge in [0.05, 0.1) is 7.11 Å². The van der Waals surface area contributed by atoms with Gasteiger partial charge in [-0.1, -0.05) is 42.8 Å². The highest BCUT2D eigenvalue weighted by Crippen LogP contribution is 2.25. The fraction of sp³-hybridized carbons (Fsp3) is 0.333. The fourth-order valence-electron chi connectivity index (χ4n) is 2.45. The molecule has 0 radical (unpaired) electrons. The molecule has 2 aromatic carbocycles. The van der Waals surface area contributed by atoms with Gasteiger partial charge in [0.1, 0.15) is 5.75 Å². The minimum absolute atomic E-state index is 0.251. The van der Waals surface area contributed by atoms with Crippen LogP contribution >= 0.6 is 11.6 Å². The van der Waals surface area contributed by atoms with Gasteiger partial charge in [-0.05, 0) is 48.7 Å². The molecule has 0 spiro atoms. The molecule has 0 bridgehead atoms. The monoisotopic (exact) mass is 303 g/mol. The van der Waals surface area contributed by atoms with E-state index in [1.165, 1.54) is 11.1 Å². The Labute approximate surface area is 132 Å². The molecule has 1 unspecified atom stereocenters. The Morgan fingerprint density at radius 1 is 1.10 bits per heavy atom. The molecule has 0 amide bonds. The van der Waals surface area contributed by atoms with E-state index >= 15 is 0 Å². The van der Waals surface area contributed by atoms with Gasteiger partial charge in [-0.15, -0.1) is 0 Å². The molecule has 2 aromatic rings. The van der Waals surface area contributed by atoms with Gasteiger partial charge in [-0.3, -0.25) is 0 Å². The predicted molar refractivity (Wildman–Crippen MR) is 89.0 cm³/mol. The molecule has 0 aliphatic heterocycles. The first kappa shape index (κ1) is 15.9. The van der Waals surface area contributed by atoms with Crippen molar-refractivity contribution < 1.29 is 4.74 Å². The van der Waals surface area contributed by atoms with Crippen molar-refractivity contribution in [2.75, 3.05) is 7.11 Å². The van der Waals surface area contributed by atoms with Crippen molar-refractivity contribution in [1.29, 1.82) is 0 Å². The van der Waals surface area contributed by atoms with E-state index in [-0.39, 0.29) is 6.04 Å². The summed E-state index contributed by atoms with van der Waals surface area (Å²) in [5.74, 6) is 0.890. The molecular weight excluding hydrogens is 282 g/mol. The van der Waals surface area contributed by atoms with Gasteiger partial charge >= 0.3 is 0 Å². The highest BCUT2D eigenvalue weighted by Gasteiger charge is 2.14. The molecule has 0 saturated heterocycles. The van der Waals surface area contributed by atoms with E-state index in [1.807, 2.05) is 24.3 Å². The van der Waals surface area contributed by atoms with Crippen LogP contribution in [0.25, 0.3) is 0 Å². The van der Waals surface area contributed by atoms with Crippen molar-refractivity contribution in [3.05, 3.63) is 64.7 Å². The Morgan fingerprint density at radius 2 is 1.81 bits per heavy atom. The predicted octanol–water partition coefficient (Wildman–Crippen LogP) is 5.15. The lowest BCUT2D eigenvalue weighted by molar-refractivity contribution is 0.411. The van der Waals surface area contributed by atoms with E-state index in [0.717, 1.165) is 17.2 Å². The number of rotatable bonds is 6. The van der Waals surface area contributed by atoms with Crippen LogP contribution in [0.4, 0.5) is 0 Å². The minimum Gasteiger partial charge on any atom is -0.497 e. The van der Waals surface area contributed by atoms with Crippen LogP contribution in [0.15, 0.2) is 48.5 Å². The van der Waals surface area contributed by atoms with Crippen molar-refractivity contribution in [3.8, 4) is 5.75 Å². The summed E-state index contributed by atoms with van der Waals surface area (Å²) in [6.45, 7) is 4.36. The summed E-state index contributed by atoms with van der Waals surface area (Å²) >= 11 is 5.96. The zero-order valence-electron chi connectivity index (χ0n) is 12.8. The normalized spacial score (nSPS) is 13.7. The standard InChI is InChI=1S/C18H22ClNO/c1-4-18(14-8-10-16(19)11-9-14)20-13(2)15-6-5-7-17(12-15)21-3/h5-13,18,20H,4H2,1-3H3/t13-,18?/m0/s1. The van der Waals surface area contributed by atoms with Gasteiger partial charge in [0.15, 0.2) is 0 Å². The maximum atomic E-state index is 5.96. The second kappa shape index (κ2) is 7.48. The Balaban J connectivity index is 2.11. The van der Waals surface area contributed by atoms with Crippen LogP contribution in [-0.4, -0.2) is 7.11 Å². The summed E-state index contributed by atoms with van der Waals surface area (Å²) in [6.07, 6.45) is 1.02. The summed E-state index contributed by atoms with van der Waals surface area (Å²) in [6, 6.07) is 16.8. The highest BCUT2D eigenvalue weighted by atomic mass is 35.5. The van der Waals surface area contributed by atoms with E-state index in [2.05, 4.69) is 43.4 Å². The molecule has 0 aromatic heterocycles. The molecule has 2 atom stereocenters. The number of hydrogen-bond acceptors (Lipinski definition) is 2. The summed E-state index contributed by atoms with van der Waals surface area (Å²) in [4.78, 5) is 0. The van der Waals surface area contributed by atoms with Crippen molar-refractivity contribution in [2.24, 2.45) is 0 Å². The number of ether oxygens (including phenoxy) is 1. The molecule has 0 fully saturated rings. The van der Waals surface area contributed by atoms with Gasteiger partial charge in [0.2, 0.25) is 0 Å². The summed E-state index contributed by atoms with van der Waals surface area (Å²) < 4.78 is 5.29. The Hall–Kier alpha value is -1.51. The van der Waals surface area contributed by atoms with Crippen LogP contribution in [-0.2, 0) is 0 Å². The lowest BCUT2D eigenvalue weighted by Gasteiger charge is -2.23. The van der Waals surface area contributed by atoms with Gasteiger partial charge < -0.3 is 10.1 Å². The third kappa shape index (κ3) is 4.23. The van der Waals surface area contributed by atoms with E-state index in [0.29, 0.717) is 6.04 Å². The van der Waals surface area contributed by atoms with Gasteiger partial charge in [0.25, 0.3) is 0 Å².